The Bertz CT molecular complexity index is 148. The number of terminal acetylenes is 1. The van der Waals surface area contributed by atoms with Gasteiger partial charge in [-0.2, -0.15) is 0 Å². The molecule has 0 spiro atoms. The average molecular weight is 141 g/mol. The van der Waals surface area contributed by atoms with Gasteiger partial charge < -0.3 is 10.5 Å². The first-order valence-electron chi connectivity index (χ1n) is 2.93. The lowest BCUT2D eigenvalue weighted by Crippen LogP contribution is -2.32. The van der Waals surface area contributed by atoms with E-state index in [1.54, 1.807) is 0 Å². The van der Waals surface area contributed by atoms with Crippen molar-refractivity contribution in [3.63, 3.8) is 0 Å². The lowest BCUT2D eigenvalue weighted by Gasteiger charge is -2.04. The van der Waals surface area contributed by atoms with E-state index in [1.807, 2.05) is 0 Å². The number of hydrogen-bond donors (Lipinski definition) is 1. The van der Waals surface area contributed by atoms with Crippen molar-refractivity contribution < 1.29 is 9.53 Å². The number of rotatable bonds is 4. The lowest BCUT2D eigenvalue weighted by molar-refractivity contribution is -0.123. The van der Waals surface area contributed by atoms with Gasteiger partial charge in [0.25, 0.3) is 0 Å². The van der Waals surface area contributed by atoms with E-state index in [2.05, 4.69) is 10.7 Å². The molecule has 0 aromatic carbocycles. The summed E-state index contributed by atoms with van der Waals surface area (Å²) in [7, 11) is 1.44. The highest BCUT2D eigenvalue weighted by molar-refractivity contribution is 5.85. The minimum absolute atomic E-state index is 0.0445. The molecule has 3 heteroatoms. The highest BCUT2D eigenvalue weighted by Crippen LogP contribution is 1.87. The van der Waals surface area contributed by atoms with Gasteiger partial charge in [-0.25, -0.2) is 0 Å². The van der Waals surface area contributed by atoms with Gasteiger partial charge in [-0.1, -0.05) is 0 Å². The monoisotopic (exact) mass is 141 g/mol. The maximum Gasteiger partial charge on any atom is 0.176 e. The zero-order chi connectivity index (χ0) is 7.98. The van der Waals surface area contributed by atoms with E-state index in [4.69, 9.17) is 12.2 Å². The molecule has 0 aliphatic heterocycles. The number of carbonyl (C=O) groups excluding carboxylic acids is 1. The number of hydrogen-bond acceptors (Lipinski definition) is 3. The van der Waals surface area contributed by atoms with Crippen LogP contribution in [0.2, 0.25) is 0 Å². The average Bonchev–Trinajstić information content (AvgIpc) is 1.89. The summed E-state index contributed by atoms with van der Waals surface area (Å²) < 4.78 is 4.57. The molecule has 0 rings (SSSR count). The fourth-order valence-electron chi connectivity index (χ4n) is 0.490. The lowest BCUT2D eigenvalue weighted by atomic mass is 10.1. The first-order chi connectivity index (χ1) is 4.72. The Balaban J connectivity index is 3.62. The molecule has 0 radical (unpaired) electrons. The maximum atomic E-state index is 10.8. The van der Waals surface area contributed by atoms with Crippen molar-refractivity contribution in [1.82, 2.24) is 0 Å². The fraction of sp³-hybridized carbons (Fsp3) is 0.571. The highest BCUT2D eigenvalue weighted by Gasteiger charge is 2.10. The molecule has 10 heavy (non-hydrogen) atoms. The predicted molar refractivity (Wildman–Crippen MR) is 38.3 cm³/mol. The van der Waals surface area contributed by atoms with Gasteiger partial charge in [-0.05, 0) is 0 Å². The topological polar surface area (TPSA) is 52.3 Å². The van der Waals surface area contributed by atoms with Crippen molar-refractivity contribution in [1.29, 1.82) is 0 Å². The molecule has 1 unspecified atom stereocenters. The predicted octanol–water partition coefficient (Wildman–Crippen LogP) is -0.448. The molecule has 1 atom stereocenters. The molecule has 0 fully saturated rings. The van der Waals surface area contributed by atoms with Crippen LogP contribution in [-0.2, 0) is 9.53 Å². The van der Waals surface area contributed by atoms with Gasteiger partial charge in [0, 0.05) is 13.5 Å². The van der Waals surface area contributed by atoms with Crippen molar-refractivity contribution >= 4 is 5.78 Å². The number of nitrogens with two attached hydrogens (primary N) is 1. The van der Waals surface area contributed by atoms with Crippen LogP contribution in [0.4, 0.5) is 0 Å². The third kappa shape index (κ3) is 3.23. The van der Waals surface area contributed by atoms with Crippen LogP contribution >= 0.6 is 0 Å². The first kappa shape index (κ1) is 9.15. The molecule has 0 aliphatic rings. The normalized spacial score (nSPS) is 12.1. The molecule has 0 amide bonds. The van der Waals surface area contributed by atoms with E-state index >= 15 is 0 Å². The van der Waals surface area contributed by atoms with Crippen molar-refractivity contribution in [2.45, 2.75) is 12.5 Å². The van der Waals surface area contributed by atoms with Crippen molar-refractivity contribution in [3.8, 4) is 12.3 Å². The highest BCUT2D eigenvalue weighted by atomic mass is 16.5. The van der Waals surface area contributed by atoms with E-state index < -0.39 is 6.04 Å². The summed E-state index contributed by atoms with van der Waals surface area (Å²) in [6, 6.07) is -0.565. The van der Waals surface area contributed by atoms with Gasteiger partial charge in [0.15, 0.2) is 5.78 Å². The molecule has 0 heterocycles. The summed E-state index contributed by atoms with van der Waals surface area (Å²) in [5.41, 5.74) is 5.34. The maximum absolute atomic E-state index is 10.8. The Labute approximate surface area is 60.5 Å². The summed E-state index contributed by atoms with van der Waals surface area (Å²) in [6.07, 6.45) is 5.22. The first-order valence-corrected chi connectivity index (χ1v) is 2.93. The molecule has 56 valence electrons. The summed E-state index contributed by atoms with van der Waals surface area (Å²) in [4.78, 5) is 10.8. The number of ketones is 1. The molecule has 3 nitrogen and oxygen atoms in total. The van der Waals surface area contributed by atoms with E-state index in [1.165, 1.54) is 7.11 Å². The smallest absolute Gasteiger partial charge is 0.176 e. The molecule has 2 N–H and O–H groups in total. The van der Waals surface area contributed by atoms with Crippen LogP contribution in [0.15, 0.2) is 0 Å². The summed E-state index contributed by atoms with van der Waals surface area (Å²) >= 11 is 0. The van der Waals surface area contributed by atoms with E-state index in [0.29, 0.717) is 0 Å². The molecule has 0 aromatic heterocycles. The third-order valence-corrected chi connectivity index (χ3v) is 1.04. The number of ether oxygens (including phenoxy) is 1. The second-order valence-corrected chi connectivity index (χ2v) is 1.91. The number of carbonyl (C=O) groups is 1. The largest absolute Gasteiger partial charge is 0.377 e. The van der Waals surface area contributed by atoms with Gasteiger partial charge in [0.1, 0.15) is 6.61 Å². The van der Waals surface area contributed by atoms with Crippen molar-refractivity contribution in [3.05, 3.63) is 0 Å². The molecule has 0 aliphatic carbocycles. The molecular formula is C7H11NO2. The molecule has 0 aromatic rings. The van der Waals surface area contributed by atoms with Crippen LogP contribution in [-0.4, -0.2) is 25.5 Å². The quantitative estimate of drug-likeness (QED) is 0.539. The van der Waals surface area contributed by atoms with E-state index in [-0.39, 0.29) is 18.8 Å². The molecule has 0 saturated carbocycles. The fourth-order valence-corrected chi connectivity index (χ4v) is 0.490. The second-order valence-electron chi connectivity index (χ2n) is 1.91. The van der Waals surface area contributed by atoms with Gasteiger partial charge in [0.05, 0.1) is 6.04 Å². The van der Waals surface area contributed by atoms with Crippen molar-refractivity contribution in [2.24, 2.45) is 5.73 Å². The Morgan fingerprint density at radius 1 is 1.90 bits per heavy atom. The van der Waals surface area contributed by atoms with Crippen LogP contribution in [0.1, 0.15) is 6.42 Å². The molecule has 0 bridgehead atoms. The minimum Gasteiger partial charge on any atom is -0.377 e. The molecule has 0 saturated heterocycles. The van der Waals surface area contributed by atoms with E-state index in [9.17, 15) is 4.79 Å². The summed E-state index contributed by atoms with van der Waals surface area (Å²) in [5, 5.41) is 0. The third-order valence-electron chi connectivity index (χ3n) is 1.04. The van der Waals surface area contributed by atoms with Crippen LogP contribution in [0.25, 0.3) is 0 Å². The van der Waals surface area contributed by atoms with Gasteiger partial charge in [-0.15, -0.1) is 12.3 Å². The zero-order valence-electron chi connectivity index (χ0n) is 5.96. The van der Waals surface area contributed by atoms with Crippen LogP contribution < -0.4 is 5.73 Å². The van der Waals surface area contributed by atoms with Gasteiger partial charge >= 0.3 is 0 Å². The number of Topliss-reactive ketones (excluding diaryl/α,β-unsaturated/α-hetero) is 1. The Morgan fingerprint density at radius 3 is 2.90 bits per heavy atom. The SMILES string of the molecule is C#CCC(N)C(=O)COC. The van der Waals surface area contributed by atoms with Crippen LogP contribution in [0.5, 0.6) is 0 Å². The second kappa shape index (κ2) is 4.98. The standard InChI is InChI=1S/C7H11NO2/c1-3-4-6(8)7(9)5-10-2/h1,6H,4-5,8H2,2H3. The van der Waals surface area contributed by atoms with E-state index in [0.717, 1.165) is 0 Å². The Kier molecular flexibility index (Phi) is 4.55. The summed E-state index contributed by atoms with van der Waals surface area (Å²) in [6.45, 7) is 0.0445. The Hall–Kier alpha value is -0.850. The van der Waals surface area contributed by atoms with Gasteiger partial charge in [0.2, 0.25) is 0 Å². The van der Waals surface area contributed by atoms with Crippen LogP contribution in [0.3, 0.4) is 0 Å². The molecular weight excluding hydrogens is 130 g/mol. The number of methoxy groups -OCH3 is 1. The Morgan fingerprint density at radius 2 is 2.50 bits per heavy atom. The van der Waals surface area contributed by atoms with Crippen LogP contribution in [0, 0.1) is 12.3 Å². The summed E-state index contributed by atoms with van der Waals surface area (Å²) in [5.74, 6) is 2.15. The zero-order valence-corrected chi connectivity index (χ0v) is 5.96. The van der Waals surface area contributed by atoms with Gasteiger partial charge in [-0.3, -0.25) is 4.79 Å². The van der Waals surface area contributed by atoms with Crippen molar-refractivity contribution in [2.75, 3.05) is 13.7 Å². The minimum atomic E-state index is -0.565.